The molecule has 1 aliphatic rings. The summed E-state index contributed by atoms with van der Waals surface area (Å²) in [4.78, 5) is 57.1. The van der Waals surface area contributed by atoms with Crippen molar-refractivity contribution in [3.63, 3.8) is 0 Å². The van der Waals surface area contributed by atoms with E-state index in [0.29, 0.717) is 22.5 Å². The van der Waals surface area contributed by atoms with Crippen molar-refractivity contribution in [1.29, 1.82) is 0 Å². The Labute approximate surface area is 201 Å². The molecule has 34 heavy (non-hydrogen) atoms. The van der Waals surface area contributed by atoms with Crippen LogP contribution in [-0.2, 0) is 9.47 Å². The molecule has 0 saturated carbocycles. The van der Waals surface area contributed by atoms with Gasteiger partial charge in [0, 0.05) is 21.8 Å². The van der Waals surface area contributed by atoms with Crippen LogP contribution in [0.2, 0.25) is 0 Å². The predicted octanol–water partition coefficient (Wildman–Crippen LogP) is 4.11. The number of ketones is 2. The Bertz CT molecular complexity index is 1550. The second-order valence-electron chi connectivity index (χ2n) is 7.46. The largest absolute Gasteiger partial charge is 0.465 e. The van der Waals surface area contributed by atoms with Crippen LogP contribution in [0.3, 0.4) is 0 Å². The summed E-state index contributed by atoms with van der Waals surface area (Å²) in [6, 6.07) is 12.9. The number of hydrogen-bond acceptors (Lipinski definition) is 7. The third kappa shape index (κ3) is 3.01. The van der Waals surface area contributed by atoms with E-state index < -0.39 is 17.7 Å². The van der Waals surface area contributed by atoms with Gasteiger partial charge in [-0.3, -0.25) is 14.6 Å². The van der Waals surface area contributed by atoms with Gasteiger partial charge in [-0.05, 0) is 48.5 Å². The first-order chi connectivity index (χ1) is 16.4. The lowest BCUT2D eigenvalue weighted by atomic mass is 10.0. The summed E-state index contributed by atoms with van der Waals surface area (Å²) >= 11 is 3.34. The van der Waals surface area contributed by atoms with Gasteiger partial charge in [-0.1, -0.05) is 15.9 Å². The van der Waals surface area contributed by atoms with E-state index in [1.807, 2.05) is 0 Å². The smallest absolute Gasteiger partial charge is 0.341 e. The highest BCUT2D eigenvalue weighted by molar-refractivity contribution is 9.10. The minimum Gasteiger partial charge on any atom is -0.465 e. The van der Waals surface area contributed by atoms with E-state index in [2.05, 4.69) is 20.9 Å². The van der Waals surface area contributed by atoms with Gasteiger partial charge < -0.3 is 13.9 Å². The van der Waals surface area contributed by atoms with Gasteiger partial charge in [-0.15, -0.1) is 0 Å². The molecule has 3 heterocycles. The zero-order chi connectivity index (χ0) is 24.1. The van der Waals surface area contributed by atoms with Gasteiger partial charge in [0.15, 0.2) is 5.78 Å². The molecule has 1 aliphatic carbocycles. The van der Waals surface area contributed by atoms with E-state index in [4.69, 9.17) is 9.47 Å². The summed E-state index contributed by atoms with van der Waals surface area (Å²) in [5, 5.41) is 0. The molecule has 0 spiro atoms. The summed E-state index contributed by atoms with van der Waals surface area (Å²) in [6.07, 6.45) is 1.53. The number of carbonyl (C=O) groups is 4. The van der Waals surface area contributed by atoms with Crippen LogP contribution >= 0.6 is 15.9 Å². The Morgan fingerprint density at radius 2 is 1.56 bits per heavy atom. The van der Waals surface area contributed by atoms with Crippen molar-refractivity contribution in [3.8, 4) is 11.4 Å². The average molecular weight is 519 g/mol. The van der Waals surface area contributed by atoms with Crippen molar-refractivity contribution < 1.29 is 28.7 Å². The van der Waals surface area contributed by atoms with Crippen molar-refractivity contribution >= 4 is 45.0 Å². The molecule has 0 unspecified atom stereocenters. The van der Waals surface area contributed by atoms with Crippen LogP contribution in [0.25, 0.3) is 16.9 Å². The fourth-order valence-corrected chi connectivity index (χ4v) is 4.51. The van der Waals surface area contributed by atoms with E-state index in [1.165, 1.54) is 23.8 Å². The fraction of sp³-hybridized carbons (Fsp3) is 0.0800. The van der Waals surface area contributed by atoms with Gasteiger partial charge in [0.05, 0.1) is 36.7 Å². The molecule has 0 aliphatic heterocycles. The van der Waals surface area contributed by atoms with Crippen LogP contribution in [-0.4, -0.2) is 47.1 Å². The van der Waals surface area contributed by atoms with Crippen molar-refractivity contribution in [2.75, 3.05) is 14.2 Å². The van der Waals surface area contributed by atoms with E-state index in [9.17, 15) is 19.2 Å². The number of benzene rings is 1. The summed E-state index contributed by atoms with van der Waals surface area (Å²) in [5.74, 6) is -2.51. The molecule has 168 valence electrons. The monoisotopic (exact) mass is 518 g/mol. The SMILES string of the molecule is COC(=O)c1c(C(=O)OC)c2ccc3c(n2c1C(=O)c1ccc(Br)cc1)-c1ncccc1C3=O. The van der Waals surface area contributed by atoms with Crippen LogP contribution in [0, 0.1) is 0 Å². The third-order valence-corrected chi connectivity index (χ3v) is 6.24. The quantitative estimate of drug-likeness (QED) is 0.260. The average Bonchev–Trinajstić information content (AvgIpc) is 3.36. The Balaban J connectivity index is 1.97. The number of methoxy groups -OCH3 is 2. The number of hydrogen-bond donors (Lipinski definition) is 0. The van der Waals surface area contributed by atoms with Gasteiger partial charge in [-0.2, -0.15) is 0 Å². The first-order valence-corrected chi connectivity index (χ1v) is 10.9. The normalized spacial score (nSPS) is 11.8. The Hall–Kier alpha value is -4.11. The lowest BCUT2D eigenvalue weighted by Crippen LogP contribution is -2.15. The minimum atomic E-state index is -0.885. The molecule has 0 amide bonds. The van der Waals surface area contributed by atoms with E-state index in [0.717, 1.165) is 11.6 Å². The van der Waals surface area contributed by atoms with E-state index in [1.54, 1.807) is 42.5 Å². The zero-order valence-electron chi connectivity index (χ0n) is 17.9. The topological polar surface area (TPSA) is 104 Å². The zero-order valence-corrected chi connectivity index (χ0v) is 19.5. The molecule has 3 aromatic heterocycles. The maximum Gasteiger partial charge on any atom is 0.341 e. The highest BCUT2D eigenvalue weighted by Gasteiger charge is 2.38. The molecule has 0 atom stereocenters. The van der Waals surface area contributed by atoms with Crippen molar-refractivity contribution in [2.24, 2.45) is 0 Å². The lowest BCUT2D eigenvalue weighted by Gasteiger charge is -2.10. The molecule has 8 nitrogen and oxygen atoms in total. The van der Waals surface area contributed by atoms with Crippen molar-refractivity contribution in [2.45, 2.75) is 0 Å². The van der Waals surface area contributed by atoms with Crippen LogP contribution in [0.1, 0.15) is 52.7 Å². The minimum absolute atomic E-state index is 0.118. The number of halogens is 1. The number of esters is 2. The highest BCUT2D eigenvalue weighted by atomic mass is 79.9. The number of nitrogens with zero attached hydrogens (tertiary/aromatic N) is 2. The van der Waals surface area contributed by atoms with Gasteiger partial charge >= 0.3 is 11.9 Å². The molecule has 0 radical (unpaired) electrons. The number of fused-ring (bicyclic) bond motifs is 5. The summed E-state index contributed by atoms with van der Waals surface area (Å²) in [6.45, 7) is 0. The van der Waals surface area contributed by atoms with Crippen LogP contribution in [0.4, 0.5) is 0 Å². The number of carbonyl (C=O) groups excluding carboxylic acids is 4. The van der Waals surface area contributed by atoms with Gasteiger partial charge in [0.1, 0.15) is 16.8 Å². The molecule has 0 bridgehead atoms. The Morgan fingerprint density at radius 3 is 2.24 bits per heavy atom. The van der Waals surface area contributed by atoms with Crippen LogP contribution < -0.4 is 0 Å². The molecule has 1 aromatic carbocycles. The lowest BCUT2D eigenvalue weighted by molar-refractivity contribution is 0.0556. The predicted molar refractivity (Wildman–Crippen MR) is 124 cm³/mol. The van der Waals surface area contributed by atoms with Crippen LogP contribution in [0.5, 0.6) is 0 Å². The molecular weight excluding hydrogens is 504 g/mol. The third-order valence-electron chi connectivity index (χ3n) is 5.72. The second-order valence-corrected chi connectivity index (χ2v) is 8.38. The molecule has 5 rings (SSSR count). The van der Waals surface area contributed by atoms with Gasteiger partial charge in [-0.25, -0.2) is 9.59 Å². The molecule has 0 N–H and O–H groups in total. The Morgan fingerprint density at radius 1 is 0.882 bits per heavy atom. The summed E-state index contributed by atoms with van der Waals surface area (Å²) < 4.78 is 12.1. The maximum absolute atomic E-state index is 13.8. The standard InChI is InChI=1S/C25H15BrN2O6/c1-33-24(31)17-16-10-9-15-20(19-14(23(15)30)4-3-11-27-19)28(16)21(18(17)25(32)34-2)22(29)12-5-7-13(26)8-6-12/h3-11H,1-2H3. The molecule has 9 heteroatoms. The van der Waals surface area contributed by atoms with E-state index >= 15 is 0 Å². The number of rotatable bonds is 4. The van der Waals surface area contributed by atoms with Crippen molar-refractivity contribution in [1.82, 2.24) is 9.38 Å². The number of pyridine rings is 2. The molecule has 0 saturated heterocycles. The summed E-state index contributed by atoms with van der Waals surface area (Å²) in [7, 11) is 2.33. The first kappa shape index (κ1) is 21.7. The number of ether oxygens (including phenoxy) is 2. The number of aromatic nitrogens is 2. The van der Waals surface area contributed by atoms with Crippen molar-refractivity contribution in [3.05, 3.63) is 92.7 Å². The molecule has 4 aromatic rings. The summed E-state index contributed by atoms with van der Waals surface area (Å²) in [5.41, 5.74) is 1.33. The molecular formula is C25H15BrN2O6. The van der Waals surface area contributed by atoms with Gasteiger partial charge in [0.25, 0.3) is 0 Å². The fourth-order valence-electron chi connectivity index (χ4n) is 4.24. The van der Waals surface area contributed by atoms with E-state index in [-0.39, 0.29) is 33.7 Å². The van der Waals surface area contributed by atoms with Crippen LogP contribution in [0.15, 0.2) is 59.2 Å². The maximum atomic E-state index is 13.8. The first-order valence-electron chi connectivity index (χ1n) is 10.1. The molecule has 0 fully saturated rings. The highest BCUT2D eigenvalue weighted by Crippen LogP contribution is 2.39. The van der Waals surface area contributed by atoms with Gasteiger partial charge in [0.2, 0.25) is 5.78 Å². The second kappa shape index (κ2) is 8.03. The Kier molecular flexibility index (Phi) is 5.13.